The first-order valence-corrected chi connectivity index (χ1v) is 8.68. The Morgan fingerprint density at radius 3 is 1.46 bits per heavy atom. The molecule has 0 aliphatic rings. The van der Waals surface area contributed by atoms with Gasteiger partial charge in [0.05, 0.1) is 0 Å². The van der Waals surface area contributed by atoms with Crippen LogP contribution in [0.2, 0.25) is 0 Å². The monoisotopic (exact) mass is 331 g/mol. The van der Waals surface area contributed by atoms with Crippen molar-refractivity contribution in [2.24, 2.45) is 0 Å². The summed E-state index contributed by atoms with van der Waals surface area (Å²) in [4.78, 5) is 2.25. The van der Waals surface area contributed by atoms with Crippen LogP contribution < -0.4 is 10.4 Å². The van der Waals surface area contributed by atoms with Gasteiger partial charge in [-0.1, -0.05) is 78.3 Å². The normalized spacial score (nSPS) is 10.5. The smallest absolute Gasteiger partial charge is 0.114 e. The van der Waals surface area contributed by atoms with Gasteiger partial charge in [-0.2, -0.15) is 0 Å². The average molecular weight is 331 g/mol. The van der Waals surface area contributed by atoms with E-state index >= 15 is 0 Å². The van der Waals surface area contributed by atoms with E-state index in [1.54, 1.807) is 0 Å². The molecule has 2 heteroatoms. The number of hydrogen-bond donors (Lipinski definition) is 0. The lowest BCUT2D eigenvalue weighted by atomic mass is 9.87. The molecule has 0 aliphatic heterocycles. The predicted molar refractivity (Wildman–Crippen MR) is 112 cm³/mol. The molecule has 4 aromatic carbocycles. The fraction of sp³-hybridized carbons (Fsp3) is 0. The number of hydrogen-bond acceptors (Lipinski definition) is 1. The van der Waals surface area contributed by atoms with E-state index in [4.69, 9.17) is 7.85 Å². The Morgan fingerprint density at radius 2 is 0.923 bits per heavy atom. The summed E-state index contributed by atoms with van der Waals surface area (Å²) in [6.07, 6.45) is 0. The summed E-state index contributed by atoms with van der Waals surface area (Å²) in [6.45, 7) is 0. The molecule has 26 heavy (non-hydrogen) atoms. The van der Waals surface area contributed by atoms with Gasteiger partial charge >= 0.3 is 0 Å². The third-order valence-electron chi connectivity index (χ3n) is 4.43. The molecular weight excluding hydrogens is 313 g/mol. The Bertz CT molecular complexity index is 940. The highest BCUT2D eigenvalue weighted by Gasteiger charge is 2.11. The van der Waals surface area contributed by atoms with E-state index in [0.717, 1.165) is 33.7 Å². The molecule has 0 aromatic heterocycles. The molecule has 2 radical (unpaired) electrons. The summed E-state index contributed by atoms with van der Waals surface area (Å²) in [5.41, 5.74) is 6.35. The Hall–Kier alpha value is -3.26. The van der Waals surface area contributed by atoms with Crippen LogP contribution in [0.1, 0.15) is 0 Å². The van der Waals surface area contributed by atoms with Crippen LogP contribution in [0.4, 0.5) is 17.1 Å². The zero-order valence-electron chi connectivity index (χ0n) is 14.4. The van der Waals surface area contributed by atoms with Crippen molar-refractivity contribution in [3.63, 3.8) is 0 Å². The third kappa shape index (κ3) is 3.27. The molecule has 0 saturated carbocycles. The van der Waals surface area contributed by atoms with Crippen LogP contribution in [-0.4, -0.2) is 7.85 Å². The SMILES string of the molecule is [B]c1ccccc1-c1ccc(N(c2ccccc2)c2ccccc2)cc1. The standard InChI is InChI=1S/C24H18BN/c25-24-14-8-7-13-23(24)19-15-17-22(18-16-19)26(20-9-3-1-4-10-20)21-11-5-2-6-12-21/h1-18H. The molecule has 1 nitrogen and oxygen atoms in total. The Kier molecular flexibility index (Phi) is 4.57. The van der Waals surface area contributed by atoms with E-state index in [9.17, 15) is 0 Å². The Morgan fingerprint density at radius 1 is 0.462 bits per heavy atom. The second-order valence-corrected chi connectivity index (χ2v) is 6.14. The molecule has 0 spiro atoms. The highest BCUT2D eigenvalue weighted by Crippen LogP contribution is 2.34. The topological polar surface area (TPSA) is 3.24 Å². The van der Waals surface area contributed by atoms with Gasteiger partial charge in [-0.3, -0.25) is 0 Å². The fourth-order valence-corrected chi connectivity index (χ4v) is 3.15. The molecule has 0 fully saturated rings. The van der Waals surface area contributed by atoms with Crippen LogP contribution in [0.3, 0.4) is 0 Å². The predicted octanol–water partition coefficient (Wildman–Crippen LogP) is 5.62. The van der Waals surface area contributed by atoms with Gasteiger partial charge in [0.15, 0.2) is 0 Å². The highest BCUT2D eigenvalue weighted by molar-refractivity contribution is 6.35. The van der Waals surface area contributed by atoms with Gasteiger partial charge in [-0.05, 0) is 47.5 Å². The second-order valence-electron chi connectivity index (χ2n) is 6.14. The van der Waals surface area contributed by atoms with Crippen molar-refractivity contribution in [1.29, 1.82) is 0 Å². The van der Waals surface area contributed by atoms with Crippen LogP contribution in [-0.2, 0) is 0 Å². The zero-order chi connectivity index (χ0) is 17.8. The molecule has 4 rings (SSSR count). The summed E-state index contributed by atoms with van der Waals surface area (Å²) in [5, 5.41) is 0. The molecule has 0 amide bonds. The van der Waals surface area contributed by atoms with Crippen molar-refractivity contribution in [2.75, 3.05) is 4.90 Å². The third-order valence-corrected chi connectivity index (χ3v) is 4.43. The first-order valence-electron chi connectivity index (χ1n) is 8.68. The molecular formula is C24H18BN. The number of anilines is 3. The molecule has 0 N–H and O–H groups in total. The van der Waals surface area contributed by atoms with Gasteiger partial charge in [-0.15, -0.1) is 0 Å². The van der Waals surface area contributed by atoms with Crippen molar-refractivity contribution < 1.29 is 0 Å². The van der Waals surface area contributed by atoms with Crippen LogP contribution in [0.25, 0.3) is 11.1 Å². The van der Waals surface area contributed by atoms with E-state index in [-0.39, 0.29) is 0 Å². The van der Waals surface area contributed by atoms with Crippen molar-refractivity contribution in [3.05, 3.63) is 109 Å². The second kappa shape index (κ2) is 7.32. The van der Waals surface area contributed by atoms with Gasteiger partial charge in [0.25, 0.3) is 0 Å². The maximum Gasteiger partial charge on any atom is 0.114 e. The van der Waals surface area contributed by atoms with Gasteiger partial charge in [0, 0.05) is 17.1 Å². The molecule has 0 bridgehead atoms. The van der Waals surface area contributed by atoms with Crippen molar-refractivity contribution in [3.8, 4) is 11.1 Å². The maximum atomic E-state index is 6.12. The van der Waals surface area contributed by atoms with Gasteiger partial charge in [-0.25, -0.2) is 0 Å². The summed E-state index contributed by atoms with van der Waals surface area (Å²) in [5.74, 6) is 0. The largest absolute Gasteiger partial charge is 0.311 e. The van der Waals surface area contributed by atoms with Crippen molar-refractivity contribution >= 4 is 30.4 Å². The van der Waals surface area contributed by atoms with Crippen LogP contribution >= 0.6 is 0 Å². The van der Waals surface area contributed by atoms with E-state index in [1.807, 2.05) is 30.3 Å². The van der Waals surface area contributed by atoms with E-state index in [0.29, 0.717) is 0 Å². The summed E-state index contributed by atoms with van der Waals surface area (Å²) >= 11 is 0. The minimum Gasteiger partial charge on any atom is -0.311 e. The first-order chi connectivity index (χ1) is 12.8. The first kappa shape index (κ1) is 16.2. The van der Waals surface area contributed by atoms with Crippen LogP contribution in [0.15, 0.2) is 109 Å². The van der Waals surface area contributed by atoms with Crippen molar-refractivity contribution in [1.82, 2.24) is 0 Å². The lowest BCUT2D eigenvalue weighted by molar-refractivity contribution is 1.28. The maximum absolute atomic E-state index is 6.12. The zero-order valence-corrected chi connectivity index (χ0v) is 14.4. The van der Waals surface area contributed by atoms with Crippen LogP contribution in [0.5, 0.6) is 0 Å². The van der Waals surface area contributed by atoms with Crippen molar-refractivity contribution in [2.45, 2.75) is 0 Å². The summed E-state index contributed by atoms with van der Waals surface area (Å²) in [7, 11) is 6.12. The molecule has 0 atom stereocenters. The molecule has 0 unspecified atom stereocenters. The number of rotatable bonds is 4. The Balaban J connectivity index is 1.76. The number of benzene rings is 4. The summed E-state index contributed by atoms with van der Waals surface area (Å²) < 4.78 is 0. The molecule has 122 valence electrons. The van der Waals surface area contributed by atoms with Gasteiger partial charge in [0.1, 0.15) is 7.85 Å². The van der Waals surface area contributed by atoms with Gasteiger partial charge < -0.3 is 4.90 Å². The van der Waals surface area contributed by atoms with E-state index < -0.39 is 0 Å². The minimum atomic E-state index is 0.795. The summed E-state index contributed by atoms with van der Waals surface area (Å²) in [6, 6.07) is 37.3. The molecule has 0 saturated heterocycles. The van der Waals surface area contributed by atoms with E-state index in [1.165, 1.54) is 0 Å². The Labute approximate surface area is 156 Å². The average Bonchev–Trinajstić information content (AvgIpc) is 2.71. The lowest BCUT2D eigenvalue weighted by Gasteiger charge is -2.25. The minimum absolute atomic E-state index is 0.795. The van der Waals surface area contributed by atoms with Crippen LogP contribution in [0, 0.1) is 0 Å². The fourth-order valence-electron chi connectivity index (χ4n) is 3.15. The number of nitrogens with zero attached hydrogens (tertiary/aromatic N) is 1. The molecule has 0 aliphatic carbocycles. The lowest BCUT2D eigenvalue weighted by Crippen LogP contribution is -2.10. The molecule has 4 aromatic rings. The highest BCUT2D eigenvalue weighted by atomic mass is 15.1. The number of para-hydroxylation sites is 2. The van der Waals surface area contributed by atoms with E-state index in [2.05, 4.69) is 83.8 Å². The van der Waals surface area contributed by atoms with Gasteiger partial charge in [0.2, 0.25) is 0 Å². The molecule has 0 heterocycles. The quantitative estimate of drug-likeness (QED) is 0.439.